The summed E-state index contributed by atoms with van der Waals surface area (Å²) in [6.07, 6.45) is 0. The molecule has 0 radical (unpaired) electrons. The van der Waals surface area contributed by atoms with Crippen LogP contribution in [0.1, 0.15) is 31.0 Å². The van der Waals surface area contributed by atoms with Crippen LogP contribution in [0.5, 0.6) is 0 Å². The minimum Gasteiger partial charge on any atom is -0.370 e. The van der Waals surface area contributed by atoms with Crippen LogP contribution in [-0.4, -0.2) is 11.8 Å². The fourth-order valence-electron chi connectivity index (χ4n) is 2.93. The summed E-state index contributed by atoms with van der Waals surface area (Å²) < 4.78 is 0. The molecule has 5 nitrogen and oxygen atoms in total. The summed E-state index contributed by atoms with van der Waals surface area (Å²) in [5, 5.41) is 9.68. The normalized spacial score (nSPS) is 11.6. The van der Waals surface area contributed by atoms with Crippen molar-refractivity contribution >= 4 is 40.5 Å². The highest BCUT2D eigenvalue weighted by Gasteiger charge is 2.21. The third-order valence-electron chi connectivity index (χ3n) is 4.82. The minimum atomic E-state index is -0.614. The van der Waals surface area contributed by atoms with Crippen LogP contribution in [0.4, 0.5) is 17.1 Å². The van der Waals surface area contributed by atoms with Crippen molar-refractivity contribution in [2.45, 2.75) is 26.8 Å². The third-order valence-corrected chi connectivity index (χ3v) is 5.23. The highest BCUT2D eigenvalue weighted by atomic mass is 35.5. The molecular weight excluding hydrogens is 410 g/mol. The molecule has 2 amide bonds. The Labute approximate surface area is 187 Å². The quantitative estimate of drug-likeness (QED) is 0.424. The smallest absolute Gasteiger partial charge is 0.251 e. The van der Waals surface area contributed by atoms with Gasteiger partial charge in [0.1, 0.15) is 6.04 Å². The van der Waals surface area contributed by atoms with Gasteiger partial charge in [0.2, 0.25) is 5.91 Å². The Morgan fingerprint density at radius 1 is 0.774 bits per heavy atom. The maximum absolute atomic E-state index is 13.1. The summed E-state index contributed by atoms with van der Waals surface area (Å²) in [6.45, 7) is 5.60. The van der Waals surface area contributed by atoms with Gasteiger partial charge in [-0.15, -0.1) is 0 Å². The molecule has 31 heavy (non-hydrogen) atoms. The Morgan fingerprint density at radius 3 is 1.97 bits per heavy atom. The van der Waals surface area contributed by atoms with Crippen LogP contribution in [0.3, 0.4) is 0 Å². The summed E-state index contributed by atoms with van der Waals surface area (Å²) in [7, 11) is 0. The number of rotatable bonds is 7. The predicted molar refractivity (Wildman–Crippen MR) is 128 cm³/mol. The van der Waals surface area contributed by atoms with E-state index in [1.165, 1.54) is 0 Å². The van der Waals surface area contributed by atoms with E-state index in [2.05, 4.69) is 16.0 Å². The topological polar surface area (TPSA) is 70.2 Å². The van der Waals surface area contributed by atoms with Gasteiger partial charge in [0.25, 0.3) is 5.91 Å². The number of carbonyl (C=O) groups excluding carboxylic acids is 2. The van der Waals surface area contributed by atoms with Crippen LogP contribution in [0.15, 0.2) is 72.8 Å². The molecule has 0 bridgehead atoms. The molecule has 3 rings (SSSR count). The molecule has 3 N–H and O–H groups in total. The van der Waals surface area contributed by atoms with E-state index in [9.17, 15) is 9.59 Å². The first kappa shape index (κ1) is 22.4. The number of halogens is 1. The zero-order chi connectivity index (χ0) is 22.4. The lowest BCUT2D eigenvalue weighted by molar-refractivity contribution is -0.119. The summed E-state index contributed by atoms with van der Waals surface area (Å²) in [5.41, 5.74) is 3.88. The van der Waals surface area contributed by atoms with Gasteiger partial charge in [0.15, 0.2) is 0 Å². The maximum atomic E-state index is 13.1. The van der Waals surface area contributed by atoms with Crippen molar-refractivity contribution in [2.75, 3.05) is 16.0 Å². The lowest BCUT2D eigenvalue weighted by Crippen LogP contribution is -2.27. The SMILES string of the molecule is Cc1ccc(NC(=O)C(Nc2ccc(NC(=O)C(C)C)cc2)c2ccccc2)cc1Cl. The fraction of sp³-hybridized carbons (Fsp3) is 0.200. The first-order valence-electron chi connectivity index (χ1n) is 10.1. The van der Waals surface area contributed by atoms with Crippen LogP contribution in [-0.2, 0) is 9.59 Å². The molecule has 0 spiro atoms. The largest absolute Gasteiger partial charge is 0.370 e. The highest BCUT2D eigenvalue weighted by molar-refractivity contribution is 6.31. The molecule has 3 aromatic carbocycles. The first-order valence-corrected chi connectivity index (χ1v) is 10.5. The molecule has 0 aliphatic heterocycles. The Morgan fingerprint density at radius 2 is 1.35 bits per heavy atom. The molecule has 160 valence electrons. The van der Waals surface area contributed by atoms with Crippen molar-refractivity contribution in [1.82, 2.24) is 0 Å². The summed E-state index contributed by atoms with van der Waals surface area (Å²) in [6, 6.07) is 21.6. The molecule has 0 aliphatic carbocycles. The highest BCUT2D eigenvalue weighted by Crippen LogP contribution is 2.25. The minimum absolute atomic E-state index is 0.0426. The molecule has 1 atom stereocenters. The number of carbonyl (C=O) groups is 2. The van der Waals surface area contributed by atoms with Crippen LogP contribution in [0.25, 0.3) is 0 Å². The van der Waals surface area contributed by atoms with Crippen molar-refractivity contribution in [3.05, 3.63) is 88.9 Å². The van der Waals surface area contributed by atoms with E-state index in [0.717, 1.165) is 16.8 Å². The molecular formula is C25H26ClN3O2. The van der Waals surface area contributed by atoms with Gasteiger partial charge < -0.3 is 16.0 Å². The Kier molecular flexibility index (Phi) is 7.32. The van der Waals surface area contributed by atoms with Crippen LogP contribution < -0.4 is 16.0 Å². The molecule has 3 aromatic rings. The zero-order valence-electron chi connectivity index (χ0n) is 17.8. The van der Waals surface area contributed by atoms with Gasteiger partial charge in [-0.25, -0.2) is 0 Å². The number of aryl methyl sites for hydroxylation is 1. The van der Waals surface area contributed by atoms with E-state index in [-0.39, 0.29) is 17.7 Å². The van der Waals surface area contributed by atoms with E-state index in [0.29, 0.717) is 16.4 Å². The van der Waals surface area contributed by atoms with Crippen LogP contribution in [0, 0.1) is 12.8 Å². The van der Waals surface area contributed by atoms with E-state index in [1.54, 1.807) is 6.07 Å². The van der Waals surface area contributed by atoms with Gasteiger partial charge in [-0.2, -0.15) is 0 Å². The van der Waals surface area contributed by atoms with Crippen LogP contribution in [0.2, 0.25) is 5.02 Å². The predicted octanol–water partition coefficient (Wildman–Crippen LogP) is 6.03. The molecule has 0 aliphatic rings. The molecule has 0 aromatic heterocycles. The Hall–Kier alpha value is -3.31. The molecule has 0 saturated heterocycles. The van der Waals surface area contributed by atoms with Crippen molar-refractivity contribution < 1.29 is 9.59 Å². The Balaban J connectivity index is 1.79. The summed E-state index contributed by atoms with van der Waals surface area (Å²) in [5.74, 6) is -0.346. The van der Waals surface area contributed by atoms with Gasteiger partial charge in [-0.05, 0) is 54.4 Å². The molecule has 0 saturated carbocycles. The second kappa shape index (κ2) is 10.1. The number of hydrogen-bond donors (Lipinski definition) is 3. The van der Waals surface area contributed by atoms with E-state index < -0.39 is 6.04 Å². The average Bonchev–Trinajstić information content (AvgIpc) is 2.76. The van der Waals surface area contributed by atoms with Crippen molar-refractivity contribution in [1.29, 1.82) is 0 Å². The Bertz CT molecular complexity index is 1050. The number of nitrogens with one attached hydrogen (secondary N) is 3. The average molecular weight is 436 g/mol. The van der Waals surface area contributed by atoms with E-state index in [4.69, 9.17) is 11.6 Å². The molecule has 6 heteroatoms. The second-order valence-electron chi connectivity index (χ2n) is 7.66. The molecule has 1 unspecified atom stereocenters. The van der Waals surface area contributed by atoms with Gasteiger partial charge in [-0.3, -0.25) is 9.59 Å². The lowest BCUT2D eigenvalue weighted by atomic mass is 10.1. The summed E-state index contributed by atoms with van der Waals surface area (Å²) in [4.78, 5) is 25.0. The standard InChI is InChI=1S/C25H26ClN3O2/c1-16(2)24(30)28-20-13-11-19(12-14-20)27-23(18-7-5-4-6-8-18)25(31)29-21-10-9-17(3)22(26)15-21/h4-16,23,27H,1-3H3,(H,28,30)(H,29,31). The molecule has 0 fully saturated rings. The van der Waals surface area contributed by atoms with E-state index >= 15 is 0 Å². The fourth-order valence-corrected chi connectivity index (χ4v) is 3.11. The van der Waals surface area contributed by atoms with Gasteiger partial charge in [-0.1, -0.05) is 61.8 Å². The number of hydrogen-bond acceptors (Lipinski definition) is 3. The number of anilines is 3. The molecule has 0 heterocycles. The van der Waals surface area contributed by atoms with Crippen molar-refractivity contribution in [3.63, 3.8) is 0 Å². The van der Waals surface area contributed by atoms with Gasteiger partial charge in [0.05, 0.1) is 0 Å². The van der Waals surface area contributed by atoms with Gasteiger partial charge in [0, 0.05) is 28.0 Å². The third kappa shape index (κ3) is 6.09. The lowest BCUT2D eigenvalue weighted by Gasteiger charge is -2.20. The maximum Gasteiger partial charge on any atom is 0.251 e. The summed E-state index contributed by atoms with van der Waals surface area (Å²) >= 11 is 6.20. The number of benzene rings is 3. The van der Waals surface area contributed by atoms with Gasteiger partial charge >= 0.3 is 0 Å². The van der Waals surface area contributed by atoms with Crippen LogP contribution >= 0.6 is 11.6 Å². The van der Waals surface area contributed by atoms with E-state index in [1.807, 2.05) is 87.5 Å². The van der Waals surface area contributed by atoms with Crippen molar-refractivity contribution in [3.8, 4) is 0 Å². The number of amides is 2. The first-order chi connectivity index (χ1) is 14.8. The second-order valence-corrected chi connectivity index (χ2v) is 8.07. The monoisotopic (exact) mass is 435 g/mol. The zero-order valence-corrected chi connectivity index (χ0v) is 18.5. The van der Waals surface area contributed by atoms with Crippen molar-refractivity contribution in [2.24, 2.45) is 5.92 Å².